The lowest BCUT2D eigenvalue weighted by atomic mass is 9.89. The molecule has 0 saturated heterocycles. The van der Waals surface area contributed by atoms with Crippen molar-refractivity contribution in [1.82, 2.24) is 4.57 Å². The highest BCUT2D eigenvalue weighted by Crippen LogP contribution is 2.38. The zero-order chi connectivity index (χ0) is 20.2. The molecule has 0 aliphatic heterocycles. The number of nitrogens with zero attached hydrogens (tertiary/aromatic N) is 1. The lowest BCUT2D eigenvalue weighted by Crippen LogP contribution is -2.09. The SMILES string of the molecule is CCc1c(C)c(C)c(CC)c(-n2c3ccc(C)cc3c3cc(C)ccc32)c1C. The Morgan fingerprint density at radius 2 is 1.07 bits per heavy atom. The molecule has 1 aromatic heterocycles. The average Bonchev–Trinajstić information content (AvgIpc) is 2.97. The normalized spacial score (nSPS) is 11.7. The third-order valence-electron chi connectivity index (χ3n) is 6.57. The van der Waals surface area contributed by atoms with Gasteiger partial charge < -0.3 is 4.57 Å². The lowest BCUT2D eigenvalue weighted by molar-refractivity contribution is 0.977. The molecule has 1 nitrogen and oxygen atoms in total. The molecule has 1 heteroatoms. The van der Waals surface area contributed by atoms with Crippen molar-refractivity contribution in [3.63, 3.8) is 0 Å². The van der Waals surface area contributed by atoms with Gasteiger partial charge in [0.1, 0.15) is 0 Å². The van der Waals surface area contributed by atoms with Crippen molar-refractivity contribution in [2.24, 2.45) is 0 Å². The molecule has 0 fully saturated rings. The van der Waals surface area contributed by atoms with Crippen LogP contribution in [0.4, 0.5) is 0 Å². The third kappa shape index (κ3) is 2.60. The van der Waals surface area contributed by atoms with Crippen LogP contribution in [0.15, 0.2) is 36.4 Å². The first-order valence-electron chi connectivity index (χ1n) is 10.5. The van der Waals surface area contributed by atoms with Crippen LogP contribution in [-0.4, -0.2) is 4.57 Å². The zero-order valence-corrected chi connectivity index (χ0v) is 18.3. The van der Waals surface area contributed by atoms with Crippen molar-refractivity contribution < 1.29 is 0 Å². The highest BCUT2D eigenvalue weighted by atomic mass is 15.0. The summed E-state index contributed by atoms with van der Waals surface area (Å²) in [5, 5.41) is 2.72. The third-order valence-corrected chi connectivity index (χ3v) is 6.57. The van der Waals surface area contributed by atoms with Gasteiger partial charge in [-0.2, -0.15) is 0 Å². The number of rotatable bonds is 3. The van der Waals surface area contributed by atoms with E-state index in [4.69, 9.17) is 0 Å². The first-order chi connectivity index (χ1) is 13.4. The van der Waals surface area contributed by atoms with E-state index in [0.717, 1.165) is 12.8 Å². The van der Waals surface area contributed by atoms with Gasteiger partial charge in [-0.3, -0.25) is 0 Å². The van der Waals surface area contributed by atoms with Crippen molar-refractivity contribution in [2.75, 3.05) is 0 Å². The fourth-order valence-electron chi connectivity index (χ4n) is 5.04. The minimum atomic E-state index is 1.05. The van der Waals surface area contributed by atoms with E-state index in [9.17, 15) is 0 Å². The van der Waals surface area contributed by atoms with Gasteiger partial charge >= 0.3 is 0 Å². The summed E-state index contributed by atoms with van der Waals surface area (Å²) in [4.78, 5) is 0. The van der Waals surface area contributed by atoms with Crippen LogP contribution >= 0.6 is 0 Å². The number of hydrogen-bond acceptors (Lipinski definition) is 0. The predicted octanol–water partition coefficient (Wildman–Crippen LogP) is 7.45. The first-order valence-corrected chi connectivity index (χ1v) is 10.5. The van der Waals surface area contributed by atoms with Gasteiger partial charge in [-0.1, -0.05) is 37.1 Å². The van der Waals surface area contributed by atoms with Gasteiger partial charge in [0.05, 0.1) is 16.7 Å². The van der Waals surface area contributed by atoms with Gasteiger partial charge in [0.25, 0.3) is 0 Å². The summed E-state index contributed by atoms with van der Waals surface area (Å²) in [5.74, 6) is 0. The van der Waals surface area contributed by atoms with E-state index in [1.807, 2.05) is 0 Å². The molecule has 1 heterocycles. The minimum absolute atomic E-state index is 1.05. The van der Waals surface area contributed by atoms with Gasteiger partial charge in [-0.25, -0.2) is 0 Å². The van der Waals surface area contributed by atoms with E-state index in [1.54, 1.807) is 0 Å². The Morgan fingerprint density at radius 3 is 1.54 bits per heavy atom. The van der Waals surface area contributed by atoms with Crippen LogP contribution in [0.5, 0.6) is 0 Å². The molecule has 28 heavy (non-hydrogen) atoms. The highest BCUT2D eigenvalue weighted by Gasteiger charge is 2.21. The summed E-state index contributed by atoms with van der Waals surface area (Å²) in [7, 11) is 0. The molecule has 0 radical (unpaired) electrons. The molecule has 0 N–H and O–H groups in total. The fraction of sp³-hybridized carbons (Fsp3) is 0.333. The molecule has 0 unspecified atom stereocenters. The van der Waals surface area contributed by atoms with Crippen molar-refractivity contribution in [1.29, 1.82) is 0 Å². The number of aromatic nitrogens is 1. The van der Waals surface area contributed by atoms with Gasteiger partial charge in [0, 0.05) is 10.8 Å². The van der Waals surface area contributed by atoms with E-state index in [1.165, 1.54) is 66.4 Å². The summed E-state index contributed by atoms with van der Waals surface area (Å²) < 4.78 is 2.53. The van der Waals surface area contributed by atoms with Crippen LogP contribution in [-0.2, 0) is 12.8 Å². The summed E-state index contributed by atoms with van der Waals surface area (Å²) in [6.45, 7) is 15.9. The molecule has 0 atom stereocenters. The molecule has 0 aliphatic rings. The van der Waals surface area contributed by atoms with E-state index < -0.39 is 0 Å². The van der Waals surface area contributed by atoms with Crippen molar-refractivity contribution in [3.05, 3.63) is 75.3 Å². The van der Waals surface area contributed by atoms with E-state index in [0.29, 0.717) is 0 Å². The number of benzene rings is 3. The smallest absolute Gasteiger partial charge is 0.0541 e. The van der Waals surface area contributed by atoms with E-state index in [2.05, 4.69) is 89.4 Å². The van der Waals surface area contributed by atoms with Crippen LogP contribution in [0.25, 0.3) is 27.5 Å². The number of aryl methyl sites for hydroxylation is 2. The standard InChI is InChI=1S/C27H31N/c1-8-21-18(5)19(6)22(9-2)27(20(21)7)28-25-12-10-16(3)14-23(25)24-15-17(4)11-13-26(24)28/h10-15H,8-9H2,1-7H3. The molecule has 144 valence electrons. The predicted molar refractivity (Wildman–Crippen MR) is 123 cm³/mol. The topological polar surface area (TPSA) is 4.93 Å². The molecule has 3 aromatic carbocycles. The van der Waals surface area contributed by atoms with Crippen LogP contribution in [0.2, 0.25) is 0 Å². The molecule has 0 spiro atoms. The Balaban J connectivity index is 2.26. The second-order valence-electron chi connectivity index (χ2n) is 8.26. The molecular weight excluding hydrogens is 338 g/mol. The summed E-state index contributed by atoms with van der Waals surface area (Å²) in [5.41, 5.74) is 14.0. The molecule has 4 rings (SSSR count). The highest BCUT2D eigenvalue weighted by molar-refractivity contribution is 6.10. The quantitative estimate of drug-likeness (QED) is 0.353. The van der Waals surface area contributed by atoms with Crippen LogP contribution in [0, 0.1) is 34.6 Å². The fourth-order valence-corrected chi connectivity index (χ4v) is 5.04. The Bertz CT molecular complexity index is 1160. The maximum absolute atomic E-state index is 2.53. The Hall–Kier alpha value is -2.54. The van der Waals surface area contributed by atoms with E-state index in [-0.39, 0.29) is 0 Å². The van der Waals surface area contributed by atoms with Crippen LogP contribution < -0.4 is 0 Å². The van der Waals surface area contributed by atoms with Gasteiger partial charge in [-0.05, 0) is 99.5 Å². The average molecular weight is 370 g/mol. The van der Waals surface area contributed by atoms with Crippen LogP contribution in [0.1, 0.15) is 52.8 Å². The summed E-state index contributed by atoms with van der Waals surface area (Å²) >= 11 is 0. The molecule has 0 bridgehead atoms. The molecule has 0 saturated carbocycles. The zero-order valence-electron chi connectivity index (χ0n) is 18.3. The van der Waals surface area contributed by atoms with Crippen molar-refractivity contribution >= 4 is 21.8 Å². The summed E-state index contributed by atoms with van der Waals surface area (Å²) in [6, 6.07) is 13.8. The molecule has 0 aliphatic carbocycles. The maximum atomic E-state index is 2.53. The maximum Gasteiger partial charge on any atom is 0.0541 e. The largest absolute Gasteiger partial charge is 0.309 e. The molecule has 4 aromatic rings. The second kappa shape index (κ2) is 6.81. The first kappa shape index (κ1) is 18.8. The van der Waals surface area contributed by atoms with Crippen molar-refractivity contribution in [3.8, 4) is 5.69 Å². The Morgan fingerprint density at radius 1 is 0.607 bits per heavy atom. The van der Waals surface area contributed by atoms with E-state index >= 15 is 0 Å². The lowest BCUT2D eigenvalue weighted by Gasteiger charge is -2.23. The Labute approximate surface area is 169 Å². The summed E-state index contributed by atoms with van der Waals surface area (Å²) in [6.07, 6.45) is 2.12. The number of fused-ring (bicyclic) bond motifs is 3. The monoisotopic (exact) mass is 369 g/mol. The molecular formula is C27H31N. The second-order valence-corrected chi connectivity index (χ2v) is 8.26. The van der Waals surface area contributed by atoms with Crippen LogP contribution in [0.3, 0.4) is 0 Å². The molecule has 0 amide bonds. The Kier molecular flexibility index (Phi) is 4.57. The minimum Gasteiger partial charge on any atom is -0.309 e. The van der Waals surface area contributed by atoms with Gasteiger partial charge in [0.15, 0.2) is 0 Å². The van der Waals surface area contributed by atoms with Gasteiger partial charge in [0.2, 0.25) is 0 Å². The van der Waals surface area contributed by atoms with Crippen molar-refractivity contribution in [2.45, 2.75) is 61.3 Å². The van der Waals surface area contributed by atoms with Gasteiger partial charge in [-0.15, -0.1) is 0 Å². The number of hydrogen-bond donors (Lipinski definition) is 0.